The van der Waals surface area contributed by atoms with E-state index in [9.17, 15) is 10.2 Å². The lowest BCUT2D eigenvalue weighted by Crippen LogP contribution is -2.51. The first-order valence-electron chi connectivity index (χ1n) is 11.5. The van der Waals surface area contributed by atoms with Gasteiger partial charge in [-0.05, 0) is 62.1 Å². The molecule has 0 spiro atoms. The molecule has 0 saturated carbocycles. The van der Waals surface area contributed by atoms with Gasteiger partial charge in [0.25, 0.3) is 0 Å². The third-order valence-corrected chi connectivity index (χ3v) is 5.95. The van der Waals surface area contributed by atoms with Gasteiger partial charge in [0, 0.05) is 39.3 Å². The van der Waals surface area contributed by atoms with E-state index in [-0.39, 0.29) is 0 Å². The smallest absolute Gasteiger partial charge is 0.122 e. The van der Waals surface area contributed by atoms with Gasteiger partial charge in [-0.3, -0.25) is 9.80 Å². The number of aliphatic hydroxyl groups is 2. The molecule has 1 fully saturated rings. The molecule has 1 aliphatic heterocycles. The van der Waals surface area contributed by atoms with Crippen molar-refractivity contribution in [3.63, 3.8) is 0 Å². The summed E-state index contributed by atoms with van der Waals surface area (Å²) in [5.41, 5.74) is 4.46. The van der Waals surface area contributed by atoms with E-state index in [4.69, 9.17) is 9.47 Å². The van der Waals surface area contributed by atoms with Crippen LogP contribution in [0.1, 0.15) is 22.3 Å². The molecule has 6 nitrogen and oxygen atoms in total. The Morgan fingerprint density at radius 3 is 1.44 bits per heavy atom. The number of benzene rings is 2. The Morgan fingerprint density at radius 2 is 1.06 bits per heavy atom. The number of hydrogen-bond donors (Lipinski definition) is 2. The lowest BCUT2D eigenvalue weighted by atomic mass is 10.1. The SMILES string of the molecule is Cc1ccc(C)c(OC[C@H](O)CN2CCN(C[C@@H](O)COc3cc(C)ccc3C)CC2)c1. The van der Waals surface area contributed by atoms with Gasteiger partial charge in [-0.2, -0.15) is 0 Å². The molecular formula is C26H38N2O4. The zero-order valence-corrected chi connectivity index (χ0v) is 19.9. The summed E-state index contributed by atoms with van der Waals surface area (Å²) >= 11 is 0. The van der Waals surface area contributed by atoms with Crippen LogP contribution < -0.4 is 9.47 Å². The summed E-state index contributed by atoms with van der Waals surface area (Å²) in [7, 11) is 0. The van der Waals surface area contributed by atoms with Crippen LogP contribution in [0.4, 0.5) is 0 Å². The zero-order chi connectivity index (χ0) is 23.1. The van der Waals surface area contributed by atoms with E-state index in [0.29, 0.717) is 26.3 Å². The van der Waals surface area contributed by atoms with E-state index in [2.05, 4.69) is 21.9 Å². The summed E-state index contributed by atoms with van der Waals surface area (Å²) in [5, 5.41) is 20.8. The van der Waals surface area contributed by atoms with Crippen molar-refractivity contribution in [1.82, 2.24) is 9.80 Å². The third kappa shape index (κ3) is 7.48. The van der Waals surface area contributed by atoms with E-state index in [1.165, 1.54) is 0 Å². The van der Waals surface area contributed by atoms with E-state index in [1.54, 1.807) is 0 Å². The number of ether oxygens (including phenoxy) is 2. The second kappa shape index (κ2) is 11.7. The Morgan fingerprint density at radius 1 is 0.688 bits per heavy atom. The van der Waals surface area contributed by atoms with Crippen LogP contribution in [0.2, 0.25) is 0 Å². The highest BCUT2D eigenvalue weighted by Crippen LogP contribution is 2.20. The van der Waals surface area contributed by atoms with Crippen molar-refractivity contribution in [3.8, 4) is 11.5 Å². The van der Waals surface area contributed by atoms with Gasteiger partial charge in [-0.15, -0.1) is 0 Å². The van der Waals surface area contributed by atoms with Crippen molar-refractivity contribution in [2.75, 3.05) is 52.5 Å². The van der Waals surface area contributed by atoms with E-state index < -0.39 is 12.2 Å². The first-order chi connectivity index (χ1) is 15.3. The molecule has 0 unspecified atom stereocenters. The Balaban J connectivity index is 1.34. The zero-order valence-electron chi connectivity index (χ0n) is 19.9. The van der Waals surface area contributed by atoms with Crippen LogP contribution in [0.25, 0.3) is 0 Å². The van der Waals surface area contributed by atoms with E-state index in [0.717, 1.165) is 59.9 Å². The summed E-state index contributed by atoms with van der Waals surface area (Å²) in [6.07, 6.45) is -1.06. The molecule has 2 N–H and O–H groups in total. The Labute approximate surface area is 192 Å². The van der Waals surface area contributed by atoms with Crippen LogP contribution in [-0.2, 0) is 0 Å². The van der Waals surface area contributed by atoms with Crippen molar-refractivity contribution in [3.05, 3.63) is 58.7 Å². The minimum absolute atomic E-state index is 0.291. The fraction of sp³-hybridized carbons (Fsp3) is 0.538. The molecule has 1 aliphatic rings. The first-order valence-corrected chi connectivity index (χ1v) is 11.5. The van der Waals surface area contributed by atoms with Gasteiger partial charge in [-0.25, -0.2) is 0 Å². The van der Waals surface area contributed by atoms with Crippen molar-refractivity contribution in [2.45, 2.75) is 39.9 Å². The van der Waals surface area contributed by atoms with Crippen molar-refractivity contribution >= 4 is 0 Å². The Bertz CT molecular complexity index is 793. The summed E-state index contributed by atoms with van der Waals surface area (Å²) in [6.45, 7) is 13.3. The van der Waals surface area contributed by atoms with Crippen molar-refractivity contribution in [1.29, 1.82) is 0 Å². The molecule has 2 aromatic rings. The maximum absolute atomic E-state index is 10.4. The minimum atomic E-state index is -0.530. The molecule has 0 amide bonds. The molecular weight excluding hydrogens is 404 g/mol. The summed E-state index contributed by atoms with van der Waals surface area (Å²) < 4.78 is 11.7. The molecule has 0 aromatic heterocycles. The van der Waals surface area contributed by atoms with Gasteiger partial charge < -0.3 is 19.7 Å². The lowest BCUT2D eigenvalue weighted by Gasteiger charge is -2.36. The second-order valence-corrected chi connectivity index (χ2v) is 9.07. The molecule has 2 aromatic carbocycles. The predicted molar refractivity (Wildman–Crippen MR) is 128 cm³/mol. The van der Waals surface area contributed by atoms with Crippen molar-refractivity contribution < 1.29 is 19.7 Å². The highest BCUT2D eigenvalue weighted by atomic mass is 16.5. The highest BCUT2D eigenvalue weighted by Gasteiger charge is 2.21. The van der Waals surface area contributed by atoms with Crippen molar-refractivity contribution in [2.24, 2.45) is 0 Å². The maximum atomic E-state index is 10.4. The van der Waals surface area contributed by atoms with Gasteiger partial charge in [0.1, 0.15) is 36.9 Å². The Kier molecular flexibility index (Phi) is 8.93. The van der Waals surface area contributed by atoms with E-state index in [1.807, 2.05) is 52.0 Å². The summed E-state index contributed by atoms with van der Waals surface area (Å²) in [5.74, 6) is 1.68. The molecule has 2 atom stereocenters. The topological polar surface area (TPSA) is 65.4 Å². The molecule has 3 rings (SSSR count). The second-order valence-electron chi connectivity index (χ2n) is 9.07. The van der Waals surface area contributed by atoms with Crippen LogP contribution in [0, 0.1) is 27.7 Å². The number of piperazine rings is 1. The summed E-state index contributed by atoms with van der Waals surface area (Å²) in [6, 6.07) is 12.2. The van der Waals surface area contributed by atoms with Gasteiger partial charge >= 0.3 is 0 Å². The lowest BCUT2D eigenvalue weighted by molar-refractivity contribution is 0.0239. The van der Waals surface area contributed by atoms with Crippen LogP contribution in [0.5, 0.6) is 11.5 Å². The molecule has 6 heteroatoms. The molecule has 0 aliphatic carbocycles. The van der Waals surface area contributed by atoms with Gasteiger partial charge in [-0.1, -0.05) is 24.3 Å². The van der Waals surface area contributed by atoms with Gasteiger partial charge in [0.15, 0.2) is 0 Å². The van der Waals surface area contributed by atoms with Crippen LogP contribution >= 0.6 is 0 Å². The van der Waals surface area contributed by atoms with Gasteiger partial charge in [0.2, 0.25) is 0 Å². The standard InChI is InChI=1S/C26H38N2O4/c1-19-5-7-21(3)25(13-19)31-17-23(29)15-27-9-11-28(12-10-27)16-24(30)18-32-26-14-20(2)6-8-22(26)4/h5-8,13-14,23-24,29-30H,9-12,15-18H2,1-4H3/t23-,24-/m1/s1. The largest absolute Gasteiger partial charge is 0.491 e. The first kappa shape index (κ1) is 24.5. The molecule has 1 saturated heterocycles. The number of hydrogen-bond acceptors (Lipinski definition) is 6. The van der Waals surface area contributed by atoms with Gasteiger partial charge in [0.05, 0.1) is 0 Å². The fourth-order valence-corrected chi connectivity index (χ4v) is 3.95. The average Bonchev–Trinajstić information content (AvgIpc) is 2.76. The monoisotopic (exact) mass is 442 g/mol. The van der Waals surface area contributed by atoms with E-state index >= 15 is 0 Å². The Hall–Kier alpha value is -2.12. The number of nitrogens with zero attached hydrogens (tertiary/aromatic N) is 2. The highest BCUT2D eigenvalue weighted by molar-refractivity contribution is 5.36. The number of rotatable bonds is 10. The number of aryl methyl sites for hydroxylation is 4. The summed E-state index contributed by atoms with van der Waals surface area (Å²) in [4.78, 5) is 4.51. The molecule has 32 heavy (non-hydrogen) atoms. The quantitative estimate of drug-likeness (QED) is 0.590. The number of aliphatic hydroxyl groups excluding tert-OH is 2. The number of β-amino-alcohol motifs (C(OH)–C–C–N with tert-alkyl or cyclic N) is 2. The maximum Gasteiger partial charge on any atom is 0.122 e. The molecule has 1 heterocycles. The predicted octanol–water partition coefficient (Wildman–Crippen LogP) is 2.72. The van der Waals surface area contributed by atoms with Crippen LogP contribution in [0.3, 0.4) is 0 Å². The average molecular weight is 443 g/mol. The molecule has 176 valence electrons. The van der Waals surface area contributed by atoms with Crippen LogP contribution in [0.15, 0.2) is 36.4 Å². The normalized spacial score (nSPS) is 17.2. The fourth-order valence-electron chi connectivity index (χ4n) is 3.95. The third-order valence-electron chi connectivity index (χ3n) is 5.95. The minimum Gasteiger partial charge on any atom is -0.491 e. The molecule has 0 radical (unpaired) electrons. The van der Waals surface area contributed by atoms with Crippen LogP contribution in [-0.4, -0.2) is 84.7 Å². The molecule has 0 bridgehead atoms.